The maximum absolute atomic E-state index is 12.7. The van der Waals surface area contributed by atoms with Gasteiger partial charge >= 0.3 is 0 Å². The van der Waals surface area contributed by atoms with E-state index in [9.17, 15) is 4.79 Å². The van der Waals surface area contributed by atoms with Crippen LogP contribution >= 0.6 is 0 Å². The summed E-state index contributed by atoms with van der Waals surface area (Å²) >= 11 is 0. The number of anilines is 1. The van der Waals surface area contributed by atoms with Crippen molar-refractivity contribution in [2.24, 2.45) is 0 Å². The molecule has 0 aliphatic rings. The van der Waals surface area contributed by atoms with Crippen molar-refractivity contribution in [1.82, 2.24) is 14.8 Å². The van der Waals surface area contributed by atoms with Crippen LogP contribution in [0, 0.1) is 0 Å². The highest BCUT2D eigenvalue weighted by atomic mass is 16.2. The van der Waals surface area contributed by atoms with Crippen molar-refractivity contribution in [2.75, 3.05) is 11.4 Å². The summed E-state index contributed by atoms with van der Waals surface area (Å²) in [6, 6.07) is 20.0. The molecule has 0 unspecified atom stereocenters. The van der Waals surface area contributed by atoms with Crippen LogP contribution in [0.5, 0.6) is 0 Å². The number of para-hydroxylation sites is 1. The molecule has 0 aliphatic heterocycles. The minimum absolute atomic E-state index is 0.0904. The molecule has 1 heterocycles. The Morgan fingerprint density at radius 1 is 1.00 bits per heavy atom. The van der Waals surface area contributed by atoms with E-state index in [1.54, 1.807) is 11.0 Å². The van der Waals surface area contributed by atoms with E-state index in [0.717, 1.165) is 12.1 Å². The van der Waals surface area contributed by atoms with Gasteiger partial charge in [0, 0.05) is 18.7 Å². The first-order valence-electron chi connectivity index (χ1n) is 8.05. The average Bonchev–Trinajstić information content (AvgIpc) is 3.15. The molecule has 0 aliphatic carbocycles. The standard InChI is InChI=1S/C19H20N4O/c24-19(12-13-22-16-20-15-21-22)23(18-9-5-2-6-10-18)14-11-17-7-3-1-4-8-17/h1-10,15-16H,11-14H2. The van der Waals surface area contributed by atoms with Crippen molar-refractivity contribution < 1.29 is 4.79 Å². The number of carbonyl (C=O) groups is 1. The minimum Gasteiger partial charge on any atom is -0.312 e. The Hall–Kier alpha value is -2.95. The number of benzene rings is 2. The monoisotopic (exact) mass is 320 g/mol. The second-order valence-electron chi connectivity index (χ2n) is 5.53. The van der Waals surface area contributed by atoms with Gasteiger partial charge in [0.1, 0.15) is 12.7 Å². The summed E-state index contributed by atoms with van der Waals surface area (Å²) < 4.78 is 1.68. The maximum atomic E-state index is 12.7. The van der Waals surface area contributed by atoms with Crippen molar-refractivity contribution in [1.29, 1.82) is 0 Å². The molecule has 5 heteroatoms. The van der Waals surface area contributed by atoms with Gasteiger partial charge in [-0.2, -0.15) is 5.10 Å². The van der Waals surface area contributed by atoms with Gasteiger partial charge in [-0.3, -0.25) is 9.48 Å². The molecule has 0 radical (unpaired) electrons. The highest BCUT2D eigenvalue weighted by molar-refractivity contribution is 5.93. The highest BCUT2D eigenvalue weighted by Crippen LogP contribution is 2.16. The third-order valence-corrected chi connectivity index (χ3v) is 3.86. The molecular weight excluding hydrogens is 300 g/mol. The third-order valence-electron chi connectivity index (χ3n) is 3.86. The van der Waals surface area contributed by atoms with Crippen molar-refractivity contribution >= 4 is 11.6 Å². The molecule has 0 saturated heterocycles. The molecule has 0 saturated carbocycles. The Bertz CT molecular complexity index is 742. The molecular formula is C19H20N4O. The quantitative estimate of drug-likeness (QED) is 0.672. The van der Waals surface area contributed by atoms with E-state index in [-0.39, 0.29) is 5.91 Å². The first-order chi connectivity index (χ1) is 11.8. The van der Waals surface area contributed by atoms with Crippen LogP contribution in [-0.2, 0) is 17.8 Å². The zero-order valence-electron chi connectivity index (χ0n) is 13.5. The molecule has 0 N–H and O–H groups in total. The zero-order chi connectivity index (χ0) is 16.6. The predicted octanol–water partition coefficient (Wildman–Crippen LogP) is 2.94. The maximum Gasteiger partial charge on any atom is 0.228 e. The van der Waals surface area contributed by atoms with Gasteiger partial charge in [0.25, 0.3) is 0 Å². The van der Waals surface area contributed by atoms with Gasteiger partial charge in [-0.15, -0.1) is 0 Å². The molecule has 0 fully saturated rings. The summed E-state index contributed by atoms with van der Waals surface area (Å²) in [5.41, 5.74) is 2.15. The molecule has 1 aromatic heterocycles. The second-order valence-corrected chi connectivity index (χ2v) is 5.53. The fourth-order valence-corrected chi connectivity index (χ4v) is 2.58. The summed E-state index contributed by atoms with van der Waals surface area (Å²) in [5, 5.41) is 4.05. The van der Waals surface area contributed by atoms with E-state index < -0.39 is 0 Å². The highest BCUT2D eigenvalue weighted by Gasteiger charge is 2.15. The molecule has 24 heavy (non-hydrogen) atoms. The molecule has 1 amide bonds. The lowest BCUT2D eigenvalue weighted by molar-refractivity contribution is -0.118. The number of aromatic nitrogens is 3. The number of hydrogen-bond acceptors (Lipinski definition) is 3. The normalized spacial score (nSPS) is 10.5. The number of amides is 1. The molecule has 0 bridgehead atoms. The molecule has 0 spiro atoms. The number of hydrogen-bond donors (Lipinski definition) is 0. The van der Waals surface area contributed by atoms with E-state index in [4.69, 9.17) is 0 Å². The van der Waals surface area contributed by atoms with E-state index in [2.05, 4.69) is 22.2 Å². The van der Waals surface area contributed by atoms with Crippen LogP contribution in [0.15, 0.2) is 73.3 Å². The van der Waals surface area contributed by atoms with Crippen LogP contribution in [-0.4, -0.2) is 27.2 Å². The fraction of sp³-hybridized carbons (Fsp3) is 0.211. The van der Waals surface area contributed by atoms with Gasteiger partial charge in [-0.1, -0.05) is 48.5 Å². The number of nitrogens with zero attached hydrogens (tertiary/aromatic N) is 4. The first kappa shape index (κ1) is 15.9. The van der Waals surface area contributed by atoms with Gasteiger partial charge in [0.15, 0.2) is 0 Å². The smallest absolute Gasteiger partial charge is 0.228 e. The van der Waals surface area contributed by atoms with Crippen LogP contribution in [0.2, 0.25) is 0 Å². The van der Waals surface area contributed by atoms with Gasteiger partial charge in [0.2, 0.25) is 5.91 Å². The largest absolute Gasteiger partial charge is 0.312 e. The Morgan fingerprint density at radius 2 is 1.71 bits per heavy atom. The summed E-state index contributed by atoms with van der Waals surface area (Å²) in [6.45, 7) is 1.19. The zero-order valence-corrected chi connectivity index (χ0v) is 13.5. The summed E-state index contributed by atoms with van der Waals surface area (Å²) in [5.74, 6) is 0.0904. The van der Waals surface area contributed by atoms with Crippen molar-refractivity contribution in [3.63, 3.8) is 0 Å². The van der Waals surface area contributed by atoms with Gasteiger partial charge in [-0.25, -0.2) is 4.98 Å². The lowest BCUT2D eigenvalue weighted by atomic mass is 10.1. The molecule has 122 valence electrons. The topological polar surface area (TPSA) is 51.0 Å². The third kappa shape index (κ3) is 4.29. The van der Waals surface area contributed by atoms with Crippen LogP contribution in [0.25, 0.3) is 0 Å². The van der Waals surface area contributed by atoms with Gasteiger partial charge in [0.05, 0.1) is 6.54 Å². The lowest BCUT2D eigenvalue weighted by Crippen LogP contribution is -2.33. The van der Waals surface area contributed by atoms with Crippen molar-refractivity contribution in [3.05, 3.63) is 78.9 Å². The SMILES string of the molecule is O=C(CCn1cncn1)N(CCc1ccccc1)c1ccccc1. The van der Waals surface area contributed by atoms with E-state index >= 15 is 0 Å². The molecule has 0 atom stereocenters. The summed E-state index contributed by atoms with van der Waals surface area (Å²) in [7, 11) is 0. The van der Waals surface area contributed by atoms with E-state index in [1.165, 1.54) is 11.9 Å². The van der Waals surface area contributed by atoms with Crippen molar-refractivity contribution in [3.8, 4) is 0 Å². The molecule has 3 aromatic rings. The van der Waals surface area contributed by atoms with E-state index in [0.29, 0.717) is 19.5 Å². The lowest BCUT2D eigenvalue weighted by Gasteiger charge is -2.23. The Balaban J connectivity index is 1.68. The van der Waals surface area contributed by atoms with Crippen LogP contribution < -0.4 is 4.90 Å². The Morgan fingerprint density at radius 3 is 2.38 bits per heavy atom. The number of carbonyl (C=O) groups excluding carboxylic acids is 1. The van der Waals surface area contributed by atoms with Crippen LogP contribution in [0.3, 0.4) is 0 Å². The van der Waals surface area contributed by atoms with Crippen LogP contribution in [0.4, 0.5) is 5.69 Å². The minimum atomic E-state index is 0.0904. The molecule has 3 rings (SSSR count). The summed E-state index contributed by atoms with van der Waals surface area (Å²) in [4.78, 5) is 18.5. The Labute approximate surface area is 141 Å². The van der Waals surface area contributed by atoms with Gasteiger partial charge in [-0.05, 0) is 24.1 Å². The number of aryl methyl sites for hydroxylation is 1. The average molecular weight is 320 g/mol. The molecule has 5 nitrogen and oxygen atoms in total. The first-order valence-corrected chi connectivity index (χ1v) is 8.05. The van der Waals surface area contributed by atoms with Crippen molar-refractivity contribution in [2.45, 2.75) is 19.4 Å². The number of rotatable bonds is 7. The fourth-order valence-electron chi connectivity index (χ4n) is 2.58. The second kappa shape index (κ2) is 8.06. The Kier molecular flexibility index (Phi) is 5.35. The van der Waals surface area contributed by atoms with E-state index in [1.807, 2.05) is 53.4 Å². The summed E-state index contributed by atoms with van der Waals surface area (Å²) in [6.07, 6.45) is 4.33. The van der Waals surface area contributed by atoms with Gasteiger partial charge < -0.3 is 4.90 Å². The molecule has 2 aromatic carbocycles. The predicted molar refractivity (Wildman–Crippen MR) is 93.6 cm³/mol. The van der Waals surface area contributed by atoms with Crippen LogP contribution in [0.1, 0.15) is 12.0 Å².